The second kappa shape index (κ2) is 14.3. The molecule has 4 heterocycles. The van der Waals surface area contributed by atoms with E-state index >= 15 is 0 Å². The Kier molecular flexibility index (Phi) is 10.7. The highest BCUT2D eigenvalue weighted by molar-refractivity contribution is 5.87. The summed E-state index contributed by atoms with van der Waals surface area (Å²) < 4.78 is 32.4. The molecule has 48 heavy (non-hydrogen) atoms. The summed E-state index contributed by atoms with van der Waals surface area (Å²) in [7, 11) is 1.46. The van der Waals surface area contributed by atoms with Gasteiger partial charge < -0.3 is 50.8 Å². The number of nitrogens with one attached hydrogen (secondary N) is 1. The molecule has 6 rings (SSSR count). The van der Waals surface area contributed by atoms with Crippen molar-refractivity contribution in [3.63, 3.8) is 0 Å². The van der Waals surface area contributed by atoms with E-state index in [0.29, 0.717) is 5.69 Å². The molecule has 2 N–H and O–H groups in total. The average Bonchev–Trinajstić information content (AvgIpc) is 3.64. The molecule has 2 aliphatic heterocycles. The fourth-order valence-electron chi connectivity index (χ4n) is 8.23. The van der Waals surface area contributed by atoms with Crippen molar-refractivity contribution in [2.45, 2.75) is 89.8 Å². The number of aromatic amines is 1. The van der Waals surface area contributed by atoms with E-state index in [1.54, 1.807) is 29.8 Å². The number of ether oxygens (including phenoxy) is 5. The van der Waals surface area contributed by atoms with Gasteiger partial charge in [-0.2, -0.15) is 4.57 Å². The molecule has 4 bridgehead atoms. The van der Waals surface area contributed by atoms with E-state index in [2.05, 4.69) is 4.98 Å². The van der Waals surface area contributed by atoms with Crippen LogP contribution >= 0.6 is 0 Å². The lowest BCUT2D eigenvalue weighted by Gasteiger charge is -2.48. The molecule has 1 spiro atoms. The summed E-state index contributed by atoms with van der Waals surface area (Å²) in [4.78, 5) is 42.5. The fraction of sp³-hybridized carbons (Fsp3) is 0.556. The maximum Gasteiger partial charge on any atom is 0.373 e. The lowest BCUT2D eigenvalue weighted by molar-refractivity contribution is -0.686. The lowest BCUT2D eigenvalue weighted by atomic mass is 9.57. The standard InChI is InChI=1S/C36H44N2O9.BrH/c1-19-11-14-38(15-12-19)18-28(39)44-23(5)31-20(2)16-21(3)36-24(17-27(43-6)35(42)45-31)9-10-25-29(36)30(40)22(4)32(33(25)47-36)46-34(41)26-8-7-13-37-26;/h7-16,20,22-25,27,29-33,40H,17-18H2,1-6H3;1H/b21-16+;/t20-,22-,23-,24-,25-,27+,29+,30-,31+,32-,33-,36+;/m1./s1. The van der Waals surface area contributed by atoms with Crippen molar-refractivity contribution in [2.75, 3.05) is 7.11 Å². The first-order valence-electron chi connectivity index (χ1n) is 16.4. The molecular weight excluding hydrogens is 684 g/mol. The summed E-state index contributed by atoms with van der Waals surface area (Å²) in [6.07, 6.45) is 6.99. The lowest BCUT2D eigenvalue weighted by Crippen LogP contribution is -3.00. The molecular formula is C36H45BrN2O9. The van der Waals surface area contributed by atoms with Crippen molar-refractivity contribution in [2.24, 2.45) is 29.6 Å². The quantitative estimate of drug-likeness (QED) is 0.178. The van der Waals surface area contributed by atoms with E-state index in [4.69, 9.17) is 23.7 Å². The van der Waals surface area contributed by atoms with Gasteiger partial charge >= 0.3 is 17.9 Å². The third kappa shape index (κ3) is 6.39. The van der Waals surface area contributed by atoms with Gasteiger partial charge in [0.05, 0.1) is 6.10 Å². The number of methoxy groups -OCH3 is 1. The predicted molar refractivity (Wildman–Crippen MR) is 168 cm³/mol. The maximum absolute atomic E-state index is 13.6. The zero-order chi connectivity index (χ0) is 33.6. The number of nitrogens with zero attached hydrogens (tertiary/aromatic N) is 1. The Labute approximate surface area is 291 Å². The Morgan fingerprint density at radius 3 is 2.56 bits per heavy atom. The number of aryl methyl sites for hydroxylation is 1. The third-order valence-electron chi connectivity index (χ3n) is 10.6. The third-order valence-corrected chi connectivity index (χ3v) is 10.6. The summed E-state index contributed by atoms with van der Waals surface area (Å²) in [5, 5.41) is 11.9. The van der Waals surface area contributed by atoms with Crippen molar-refractivity contribution >= 4 is 17.9 Å². The van der Waals surface area contributed by atoms with E-state index in [0.717, 1.165) is 11.1 Å². The summed E-state index contributed by atoms with van der Waals surface area (Å²) in [5.41, 5.74) is 1.27. The van der Waals surface area contributed by atoms with Crippen LogP contribution in [0.2, 0.25) is 0 Å². The zero-order valence-electron chi connectivity index (χ0n) is 28.1. The highest BCUT2D eigenvalue weighted by atomic mass is 79.9. The van der Waals surface area contributed by atoms with Gasteiger partial charge in [0.2, 0.25) is 6.54 Å². The van der Waals surface area contributed by atoms with Crippen LogP contribution in [0.1, 0.15) is 50.2 Å². The number of carbonyl (C=O) groups is 3. The van der Waals surface area contributed by atoms with Gasteiger partial charge in [0.15, 0.2) is 18.5 Å². The van der Waals surface area contributed by atoms with E-state index in [9.17, 15) is 19.5 Å². The highest BCUT2D eigenvalue weighted by Gasteiger charge is 2.69. The number of aliphatic hydroxyl groups is 1. The van der Waals surface area contributed by atoms with Crippen molar-refractivity contribution in [1.29, 1.82) is 0 Å². The predicted octanol–water partition coefficient (Wildman–Crippen LogP) is 0.251. The van der Waals surface area contributed by atoms with Crippen LogP contribution in [0.4, 0.5) is 0 Å². The molecule has 0 radical (unpaired) electrons. The summed E-state index contributed by atoms with van der Waals surface area (Å²) >= 11 is 0. The van der Waals surface area contributed by atoms with Gasteiger partial charge in [-0.1, -0.05) is 32.1 Å². The van der Waals surface area contributed by atoms with Gasteiger partial charge in [-0.25, -0.2) is 14.4 Å². The Balaban J connectivity index is 0.00000451. The Bertz CT molecular complexity index is 1540. The number of hydrogen-bond donors (Lipinski definition) is 2. The monoisotopic (exact) mass is 728 g/mol. The minimum Gasteiger partial charge on any atom is -1.00 e. The van der Waals surface area contributed by atoms with E-state index in [1.165, 1.54) is 7.11 Å². The summed E-state index contributed by atoms with van der Waals surface area (Å²) in [5.74, 6) is -3.25. The van der Waals surface area contributed by atoms with E-state index in [-0.39, 0.29) is 47.7 Å². The molecule has 1 saturated carbocycles. The highest BCUT2D eigenvalue weighted by Crippen LogP contribution is 2.61. The molecule has 11 nitrogen and oxygen atoms in total. The number of halogens is 1. The number of esters is 3. The van der Waals surface area contributed by atoms with Gasteiger partial charge in [-0.15, -0.1) is 0 Å². The smallest absolute Gasteiger partial charge is 0.373 e. The van der Waals surface area contributed by atoms with Crippen LogP contribution in [0, 0.1) is 36.5 Å². The summed E-state index contributed by atoms with van der Waals surface area (Å²) in [6.45, 7) is 9.47. The van der Waals surface area contributed by atoms with Crippen LogP contribution in [-0.4, -0.2) is 77.3 Å². The van der Waals surface area contributed by atoms with Gasteiger partial charge in [-0.3, -0.25) is 0 Å². The molecule has 0 unspecified atom stereocenters. The second-order valence-electron chi connectivity index (χ2n) is 13.6. The first kappa shape index (κ1) is 36.0. The number of aliphatic hydroxyl groups excluding tert-OH is 1. The van der Waals surface area contributed by atoms with Crippen LogP contribution in [0.5, 0.6) is 0 Å². The maximum atomic E-state index is 13.6. The van der Waals surface area contributed by atoms with Crippen molar-refractivity contribution in [1.82, 2.24) is 4.98 Å². The van der Waals surface area contributed by atoms with Crippen molar-refractivity contribution < 1.29 is 64.7 Å². The molecule has 0 amide bonds. The van der Waals surface area contributed by atoms with E-state index in [1.807, 2.05) is 70.4 Å². The van der Waals surface area contributed by atoms with Crippen LogP contribution in [0.15, 0.2) is 66.7 Å². The second-order valence-corrected chi connectivity index (χ2v) is 13.6. The minimum atomic E-state index is -0.999. The molecule has 1 saturated heterocycles. The number of cyclic esters (lactones) is 1. The first-order valence-corrected chi connectivity index (χ1v) is 16.4. The number of hydrogen-bond acceptors (Lipinski definition) is 9. The number of pyridine rings is 1. The Hall–Kier alpha value is -3.32. The largest absolute Gasteiger partial charge is 1.00 e. The average molecular weight is 730 g/mol. The van der Waals surface area contributed by atoms with Crippen LogP contribution < -0.4 is 21.5 Å². The molecule has 260 valence electrons. The SMILES string of the molecule is CO[C@H]1C[C@H]2C=C[C@H]3[C@H]4O[C@]2(/C(C)=C/[C@@H](C)[C@@H]([C@@H](C)OC(=O)C[n+]2ccc(C)cc2)OC1=O)[C@@H]3[C@H](O)[C@@H](C)[C@H]4OC(=O)c1ccc[nH]1.[Br-]. The molecule has 12 atom stereocenters. The van der Waals surface area contributed by atoms with Crippen LogP contribution in [-0.2, 0) is 39.8 Å². The number of aromatic nitrogens is 2. The molecule has 2 aliphatic carbocycles. The molecule has 2 fully saturated rings. The zero-order valence-corrected chi connectivity index (χ0v) is 29.7. The van der Waals surface area contributed by atoms with Crippen molar-refractivity contribution in [3.05, 3.63) is 77.9 Å². The molecule has 2 aromatic heterocycles. The fourth-order valence-corrected chi connectivity index (χ4v) is 8.23. The number of H-pyrrole nitrogens is 1. The van der Waals surface area contributed by atoms with Gasteiger partial charge in [0, 0.05) is 55.0 Å². The summed E-state index contributed by atoms with van der Waals surface area (Å²) in [6, 6.07) is 7.18. The molecule has 12 heteroatoms. The Morgan fingerprint density at radius 1 is 1.17 bits per heavy atom. The number of carbonyl (C=O) groups excluding carboxylic acids is 3. The topological polar surface area (TPSA) is 137 Å². The van der Waals surface area contributed by atoms with Gasteiger partial charge in [0.25, 0.3) is 0 Å². The van der Waals surface area contributed by atoms with Crippen molar-refractivity contribution in [3.8, 4) is 0 Å². The van der Waals surface area contributed by atoms with E-state index < -0.39 is 72.0 Å². The molecule has 4 aliphatic rings. The number of rotatable bonds is 7. The van der Waals surface area contributed by atoms with Gasteiger partial charge in [-0.05, 0) is 50.5 Å². The van der Waals surface area contributed by atoms with Crippen LogP contribution in [0.3, 0.4) is 0 Å². The Morgan fingerprint density at radius 2 is 1.90 bits per heavy atom. The van der Waals surface area contributed by atoms with Crippen LogP contribution in [0.25, 0.3) is 0 Å². The normalized spacial score (nSPS) is 37.1. The van der Waals surface area contributed by atoms with Gasteiger partial charge in [0.1, 0.15) is 35.7 Å². The minimum absolute atomic E-state index is 0. The first-order chi connectivity index (χ1) is 22.4. The molecule has 0 aromatic carbocycles. The molecule has 2 aromatic rings.